The van der Waals surface area contributed by atoms with Crippen molar-refractivity contribution in [2.24, 2.45) is 0 Å². The van der Waals surface area contributed by atoms with E-state index in [0.717, 1.165) is 43.1 Å². The first-order valence-electron chi connectivity index (χ1n) is 9.67. The van der Waals surface area contributed by atoms with Crippen molar-refractivity contribution in [1.29, 1.82) is 0 Å². The lowest BCUT2D eigenvalue weighted by molar-refractivity contribution is 0.0600. The molecule has 0 aromatic heterocycles. The molecule has 2 aromatic carbocycles. The summed E-state index contributed by atoms with van der Waals surface area (Å²) >= 11 is 5.48. The smallest absolute Gasteiger partial charge is 0.338 e. The lowest BCUT2D eigenvalue weighted by atomic mass is 10.1. The van der Waals surface area contributed by atoms with Gasteiger partial charge in [0.2, 0.25) is 0 Å². The maximum Gasteiger partial charge on any atom is 0.338 e. The first-order chi connectivity index (χ1) is 14.0. The molecular weight excluding hydrogens is 386 g/mol. The van der Waals surface area contributed by atoms with Crippen LogP contribution in [0.1, 0.15) is 34.5 Å². The number of esters is 1. The Labute approximate surface area is 177 Å². The number of morpholine rings is 1. The van der Waals surface area contributed by atoms with Crippen LogP contribution in [0.25, 0.3) is 0 Å². The molecule has 1 aliphatic rings. The number of carbonyl (C=O) groups is 1. The fourth-order valence-electron chi connectivity index (χ4n) is 3.34. The van der Waals surface area contributed by atoms with Crippen LogP contribution in [0.5, 0.6) is 0 Å². The minimum Gasteiger partial charge on any atom is -0.465 e. The van der Waals surface area contributed by atoms with Crippen LogP contribution < -0.4 is 15.5 Å². The van der Waals surface area contributed by atoms with Crippen molar-refractivity contribution in [2.45, 2.75) is 19.9 Å². The first-order valence-corrected chi connectivity index (χ1v) is 10.1. The summed E-state index contributed by atoms with van der Waals surface area (Å²) in [5, 5.41) is 6.99. The van der Waals surface area contributed by atoms with Gasteiger partial charge in [-0.1, -0.05) is 18.2 Å². The minimum atomic E-state index is -0.362. The zero-order valence-electron chi connectivity index (χ0n) is 17.0. The highest BCUT2D eigenvalue weighted by Crippen LogP contribution is 2.22. The van der Waals surface area contributed by atoms with Crippen LogP contribution in [0.3, 0.4) is 0 Å². The molecule has 7 heteroatoms. The Morgan fingerprint density at radius 3 is 2.52 bits per heavy atom. The molecule has 0 spiro atoms. The second-order valence-electron chi connectivity index (χ2n) is 6.98. The molecule has 0 radical (unpaired) electrons. The summed E-state index contributed by atoms with van der Waals surface area (Å²) in [6, 6.07) is 14.0. The van der Waals surface area contributed by atoms with Gasteiger partial charge in [-0.2, -0.15) is 0 Å². The molecule has 0 bridgehead atoms. The van der Waals surface area contributed by atoms with Gasteiger partial charge in [-0.15, -0.1) is 0 Å². The molecule has 154 valence electrons. The fraction of sp³-hybridized carbons (Fsp3) is 0.364. The lowest BCUT2D eigenvalue weighted by Crippen LogP contribution is -2.36. The Balaban J connectivity index is 1.61. The first kappa shape index (κ1) is 21.1. The normalized spacial score (nSPS) is 14.8. The number of benzene rings is 2. The number of hydrogen-bond donors (Lipinski definition) is 2. The molecule has 29 heavy (non-hydrogen) atoms. The van der Waals surface area contributed by atoms with Gasteiger partial charge in [-0.3, -0.25) is 0 Å². The maximum atomic E-state index is 11.9. The highest BCUT2D eigenvalue weighted by molar-refractivity contribution is 7.80. The largest absolute Gasteiger partial charge is 0.465 e. The van der Waals surface area contributed by atoms with Gasteiger partial charge >= 0.3 is 5.97 Å². The van der Waals surface area contributed by atoms with Gasteiger partial charge in [0.25, 0.3) is 0 Å². The van der Waals surface area contributed by atoms with Crippen LogP contribution in [0.15, 0.2) is 42.5 Å². The van der Waals surface area contributed by atoms with Crippen LogP contribution in [0, 0.1) is 6.92 Å². The van der Waals surface area contributed by atoms with Gasteiger partial charge in [0, 0.05) is 24.5 Å². The Morgan fingerprint density at radius 2 is 1.86 bits per heavy atom. The molecular formula is C22H27N3O3S. The van der Waals surface area contributed by atoms with Crippen molar-refractivity contribution in [1.82, 2.24) is 5.32 Å². The molecule has 1 heterocycles. The Bertz CT molecular complexity index is 864. The Morgan fingerprint density at radius 1 is 1.17 bits per heavy atom. The van der Waals surface area contributed by atoms with Crippen LogP contribution in [-0.4, -0.2) is 44.5 Å². The molecule has 1 saturated heterocycles. The summed E-state index contributed by atoms with van der Waals surface area (Å²) in [6.07, 6.45) is 0. The SMILES string of the molecule is COC(=O)c1cccc(NC(=S)NC(C)c2ccc(N3CCOCC3)cc2)c1C. The summed E-state index contributed by atoms with van der Waals surface area (Å²) in [5.41, 5.74) is 4.45. The van der Waals surface area contributed by atoms with E-state index in [1.54, 1.807) is 12.1 Å². The number of thiocarbonyl (C=S) groups is 1. The third kappa shape index (κ3) is 5.25. The third-order valence-corrected chi connectivity index (χ3v) is 5.32. The van der Waals surface area contributed by atoms with Crippen molar-refractivity contribution >= 4 is 34.7 Å². The fourth-order valence-corrected chi connectivity index (χ4v) is 3.62. The number of nitrogens with zero attached hydrogens (tertiary/aromatic N) is 1. The third-order valence-electron chi connectivity index (χ3n) is 5.10. The number of rotatable bonds is 5. The van der Waals surface area contributed by atoms with Crippen LogP contribution in [-0.2, 0) is 9.47 Å². The van der Waals surface area contributed by atoms with Crippen molar-refractivity contribution in [3.8, 4) is 0 Å². The van der Waals surface area contributed by atoms with E-state index in [1.165, 1.54) is 12.8 Å². The van der Waals surface area contributed by atoms with Gasteiger partial charge in [-0.25, -0.2) is 4.79 Å². The average Bonchev–Trinajstić information content (AvgIpc) is 2.75. The molecule has 0 amide bonds. The van der Waals surface area contributed by atoms with Crippen LogP contribution >= 0.6 is 12.2 Å². The van der Waals surface area contributed by atoms with E-state index in [-0.39, 0.29) is 12.0 Å². The summed E-state index contributed by atoms with van der Waals surface area (Å²) < 4.78 is 10.2. The van der Waals surface area contributed by atoms with E-state index in [9.17, 15) is 4.79 Å². The molecule has 2 N–H and O–H groups in total. The van der Waals surface area contributed by atoms with E-state index in [4.69, 9.17) is 21.7 Å². The number of ether oxygens (including phenoxy) is 2. The average molecular weight is 414 g/mol. The molecule has 1 fully saturated rings. The molecule has 6 nitrogen and oxygen atoms in total. The quantitative estimate of drug-likeness (QED) is 0.573. The van der Waals surface area contributed by atoms with Crippen molar-refractivity contribution in [2.75, 3.05) is 43.6 Å². The predicted molar refractivity (Wildman–Crippen MR) is 120 cm³/mol. The van der Waals surface area contributed by atoms with Gasteiger partial charge in [0.1, 0.15) is 0 Å². The summed E-state index contributed by atoms with van der Waals surface area (Å²) in [6.45, 7) is 7.32. The lowest BCUT2D eigenvalue weighted by Gasteiger charge is -2.29. The monoisotopic (exact) mass is 413 g/mol. The Kier molecular flexibility index (Phi) is 7.06. The molecule has 1 atom stereocenters. The molecule has 0 saturated carbocycles. The number of anilines is 2. The van der Waals surface area contributed by atoms with E-state index in [2.05, 4.69) is 46.7 Å². The summed E-state index contributed by atoms with van der Waals surface area (Å²) in [4.78, 5) is 14.2. The second kappa shape index (κ2) is 9.71. The summed E-state index contributed by atoms with van der Waals surface area (Å²) in [5.74, 6) is -0.362. The highest BCUT2D eigenvalue weighted by atomic mass is 32.1. The molecule has 3 rings (SSSR count). The van der Waals surface area contributed by atoms with Crippen molar-refractivity contribution in [3.63, 3.8) is 0 Å². The van der Waals surface area contributed by atoms with E-state index in [0.29, 0.717) is 10.7 Å². The number of methoxy groups -OCH3 is 1. The summed E-state index contributed by atoms with van der Waals surface area (Å²) in [7, 11) is 1.38. The van der Waals surface area contributed by atoms with E-state index in [1.807, 2.05) is 13.0 Å². The molecule has 1 aliphatic heterocycles. The second-order valence-corrected chi connectivity index (χ2v) is 7.39. The molecule has 0 aliphatic carbocycles. The topological polar surface area (TPSA) is 62.8 Å². The van der Waals surface area contributed by atoms with Crippen molar-refractivity contribution in [3.05, 3.63) is 59.2 Å². The Hall–Kier alpha value is -2.64. The number of carbonyl (C=O) groups excluding carboxylic acids is 1. The molecule has 2 aromatic rings. The maximum absolute atomic E-state index is 11.9. The van der Waals surface area contributed by atoms with Gasteiger partial charge in [0.05, 0.1) is 31.9 Å². The van der Waals surface area contributed by atoms with Crippen LogP contribution in [0.4, 0.5) is 11.4 Å². The number of hydrogen-bond acceptors (Lipinski definition) is 5. The van der Waals surface area contributed by atoms with Crippen molar-refractivity contribution < 1.29 is 14.3 Å². The van der Waals surface area contributed by atoms with Crippen LogP contribution in [0.2, 0.25) is 0 Å². The van der Waals surface area contributed by atoms with Gasteiger partial charge in [-0.05, 0) is 61.5 Å². The zero-order valence-corrected chi connectivity index (χ0v) is 17.8. The standard InChI is InChI=1S/C22H27N3O3S/c1-15-19(21(26)27-3)5-4-6-20(15)24-22(29)23-16(2)17-7-9-18(10-8-17)25-11-13-28-14-12-25/h4-10,16H,11-14H2,1-3H3,(H2,23,24,29). The number of nitrogens with one attached hydrogen (secondary N) is 2. The molecule has 1 unspecified atom stereocenters. The highest BCUT2D eigenvalue weighted by Gasteiger charge is 2.15. The van der Waals surface area contributed by atoms with Gasteiger partial charge < -0.3 is 25.0 Å². The van der Waals surface area contributed by atoms with E-state index < -0.39 is 0 Å². The van der Waals surface area contributed by atoms with Gasteiger partial charge in [0.15, 0.2) is 5.11 Å². The predicted octanol–water partition coefficient (Wildman–Crippen LogP) is 3.67. The minimum absolute atomic E-state index is 0.0397. The zero-order chi connectivity index (χ0) is 20.8. The van der Waals surface area contributed by atoms with E-state index >= 15 is 0 Å².